The SMILES string of the molecule is COC(=O)CCCN(C)S(=O)(=O)c1cc(C)ccc1OC. The van der Waals surface area contributed by atoms with Crippen molar-refractivity contribution in [3.05, 3.63) is 23.8 Å². The summed E-state index contributed by atoms with van der Waals surface area (Å²) in [7, 11) is 0.565. The van der Waals surface area contributed by atoms with Crippen LogP contribution in [0, 0.1) is 6.92 Å². The Labute approximate surface area is 125 Å². The number of methoxy groups -OCH3 is 2. The van der Waals surface area contributed by atoms with Gasteiger partial charge in [0.2, 0.25) is 10.0 Å². The van der Waals surface area contributed by atoms with Gasteiger partial charge in [-0.1, -0.05) is 6.07 Å². The number of ether oxygens (including phenoxy) is 2. The summed E-state index contributed by atoms with van der Waals surface area (Å²) in [4.78, 5) is 11.2. The summed E-state index contributed by atoms with van der Waals surface area (Å²) in [5.41, 5.74) is 0.831. The van der Waals surface area contributed by atoms with Crippen molar-refractivity contribution >= 4 is 16.0 Å². The third-order valence-corrected chi connectivity index (χ3v) is 4.97. The van der Waals surface area contributed by atoms with Crippen LogP contribution in [-0.4, -0.2) is 46.5 Å². The van der Waals surface area contributed by atoms with Gasteiger partial charge in [-0.15, -0.1) is 0 Å². The lowest BCUT2D eigenvalue weighted by Gasteiger charge is -2.19. The van der Waals surface area contributed by atoms with Crippen LogP contribution >= 0.6 is 0 Å². The molecule has 1 aromatic carbocycles. The minimum atomic E-state index is -3.65. The van der Waals surface area contributed by atoms with Gasteiger partial charge < -0.3 is 9.47 Å². The minimum Gasteiger partial charge on any atom is -0.495 e. The summed E-state index contributed by atoms with van der Waals surface area (Å²) in [6.45, 7) is 2.05. The second-order valence-electron chi connectivity index (χ2n) is 4.66. The number of sulfonamides is 1. The number of carbonyl (C=O) groups excluding carboxylic acids is 1. The van der Waals surface area contributed by atoms with Crippen LogP contribution in [0.3, 0.4) is 0 Å². The highest BCUT2D eigenvalue weighted by Gasteiger charge is 2.24. The van der Waals surface area contributed by atoms with Crippen molar-refractivity contribution in [3.63, 3.8) is 0 Å². The van der Waals surface area contributed by atoms with Crippen molar-refractivity contribution in [2.45, 2.75) is 24.7 Å². The molecule has 0 N–H and O–H groups in total. The van der Waals surface area contributed by atoms with Crippen molar-refractivity contribution in [1.29, 1.82) is 0 Å². The monoisotopic (exact) mass is 315 g/mol. The summed E-state index contributed by atoms with van der Waals surface area (Å²) in [6, 6.07) is 4.99. The van der Waals surface area contributed by atoms with E-state index in [4.69, 9.17) is 4.74 Å². The lowest BCUT2D eigenvalue weighted by atomic mass is 10.2. The predicted octanol–water partition coefficient (Wildman–Crippen LogP) is 1.58. The van der Waals surface area contributed by atoms with E-state index < -0.39 is 10.0 Å². The topological polar surface area (TPSA) is 72.9 Å². The van der Waals surface area contributed by atoms with Crippen molar-refractivity contribution in [1.82, 2.24) is 4.31 Å². The molecule has 0 radical (unpaired) electrons. The van der Waals surface area contributed by atoms with E-state index in [-0.39, 0.29) is 23.8 Å². The number of hydrogen-bond donors (Lipinski definition) is 0. The van der Waals surface area contributed by atoms with Crippen LogP contribution in [0.5, 0.6) is 5.75 Å². The van der Waals surface area contributed by atoms with Crippen LogP contribution in [-0.2, 0) is 19.6 Å². The van der Waals surface area contributed by atoms with E-state index >= 15 is 0 Å². The lowest BCUT2D eigenvalue weighted by Crippen LogP contribution is -2.28. The standard InChI is InChI=1S/C14H21NO5S/c1-11-7-8-12(19-3)13(10-11)21(17,18)15(2)9-5-6-14(16)20-4/h7-8,10H,5-6,9H2,1-4H3. The number of benzene rings is 1. The van der Waals surface area contributed by atoms with Crippen LogP contribution in [0.2, 0.25) is 0 Å². The van der Waals surface area contributed by atoms with Crippen LogP contribution < -0.4 is 4.74 Å². The highest BCUT2D eigenvalue weighted by molar-refractivity contribution is 7.89. The zero-order chi connectivity index (χ0) is 16.0. The molecular weight excluding hydrogens is 294 g/mol. The number of carbonyl (C=O) groups is 1. The molecule has 0 fully saturated rings. The fourth-order valence-electron chi connectivity index (χ4n) is 1.82. The molecule has 0 unspecified atom stereocenters. The van der Waals surface area contributed by atoms with Crippen molar-refractivity contribution < 1.29 is 22.7 Å². The molecule has 0 amide bonds. The number of nitrogens with zero attached hydrogens (tertiary/aromatic N) is 1. The van der Waals surface area contributed by atoms with Gasteiger partial charge in [0.25, 0.3) is 0 Å². The molecule has 0 atom stereocenters. The van der Waals surface area contributed by atoms with Crippen LogP contribution in [0.25, 0.3) is 0 Å². The summed E-state index contributed by atoms with van der Waals surface area (Å²) >= 11 is 0. The second kappa shape index (κ2) is 7.42. The maximum absolute atomic E-state index is 12.5. The smallest absolute Gasteiger partial charge is 0.305 e. The van der Waals surface area contributed by atoms with E-state index in [1.807, 2.05) is 6.92 Å². The molecule has 0 spiro atoms. The van der Waals surface area contributed by atoms with Crippen LogP contribution in [0.1, 0.15) is 18.4 Å². The number of hydrogen-bond acceptors (Lipinski definition) is 5. The van der Waals surface area contributed by atoms with Gasteiger partial charge in [0.15, 0.2) is 0 Å². The molecule has 0 saturated carbocycles. The van der Waals surface area contributed by atoms with Crippen molar-refractivity contribution in [2.24, 2.45) is 0 Å². The number of rotatable bonds is 7. The molecule has 0 aliphatic carbocycles. The summed E-state index contributed by atoms with van der Waals surface area (Å²) in [5.74, 6) is -0.0469. The first kappa shape index (κ1) is 17.5. The maximum atomic E-state index is 12.5. The number of aryl methyl sites for hydroxylation is 1. The normalized spacial score (nSPS) is 11.5. The van der Waals surface area contributed by atoms with Gasteiger partial charge in [0.1, 0.15) is 10.6 Å². The second-order valence-corrected chi connectivity index (χ2v) is 6.67. The lowest BCUT2D eigenvalue weighted by molar-refractivity contribution is -0.140. The highest BCUT2D eigenvalue weighted by atomic mass is 32.2. The van der Waals surface area contributed by atoms with E-state index in [1.54, 1.807) is 18.2 Å². The Morgan fingerprint density at radius 2 is 1.95 bits per heavy atom. The first-order valence-corrected chi connectivity index (χ1v) is 7.94. The van der Waals surface area contributed by atoms with E-state index in [9.17, 15) is 13.2 Å². The number of esters is 1. The van der Waals surface area contributed by atoms with Gasteiger partial charge in [0, 0.05) is 20.0 Å². The third kappa shape index (κ3) is 4.44. The minimum absolute atomic E-state index is 0.130. The Hall–Kier alpha value is -1.60. The molecule has 7 heteroatoms. The van der Waals surface area contributed by atoms with E-state index in [2.05, 4.69) is 4.74 Å². The zero-order valence-corrected chi connectivity index (χ0v) is 13.6. The summed E-state index contributed by atoms with van der Waals surface area (Å²) in [5, 5.41) is 0. The summed E-state index contributed by atoms with van der Waals surface area (Å²) < 4.78 is 35.9. The maximum Gasteiger partial charge on any atom is 0.305 e. The molecule has 0 saturated heterocycles. The highest BCUT2D eigenvalue weighted by Crippen LogP contribution is 2.27. The van der Waals surface area contributed by atoms with Gasteiger partial charge >= 0.3 is 5.97 Å². The molecular formula is C14H21NO5S. The molecule has 0 aliphatic heterocycles. The predicted molar refractivity (Wildman–Crippen MR) is 78.8 cm³/mol. The first-order valence-electron chi connectivity index (χ1n) is 6.50. The van der Waals surface area contributed by atoms with Gasteiger partial charge in [0.05, 0.1) is 14.2 Å². The largest absolute Gasteiger partial charge is 0.495 e. The molecule has 118 valence electrons. The fourth-order valence-corrected chi connectivity index (χ4v) is 3.27. The quantitative estimate of drug-likeness (QED) is 0.714. The average molecular weight is 315 g/mol. The van der Waals surface area contributed by atoms with Crippen molar-refractivity contribution in [3.8, 4) is 5.75 Å². The molecule has 21 heavy (non-hydrogen) atoms. The van der Waals surface area contributed by atoms with Gasteiger partial charge in [-0.05, 0) is 31.0 Å². The Kier molecular flexibility index (Phi) is 6.17. The third-order valence-electron chi connectivity index (χ3n) is 3.09. The van der Waals surface area contributed by atoms with E-state index in [0.717, 1.165) is 5.56 Å². The van der Waals surface area contributed by atoms with E-state index in [0.29, 0.717) is 12.2 Å². The van der Waals surface area contributed by atoms with Gasteiger partial charge in [-0.2, -0.15) is 0 Å². The van der Waals surface area contributed by atoms with Gasteiger partial charge in [-0.25, -0.2) is 12.7 Å². The molecule has 0 aliphatic rings. The molecule has 0 aromatic heterocycles. The Balaban J connectivity index is 2.89. The zero-order valence-electron chi connectivity index (χ0n) is 12.8. The Morgan fingerprint density at radius 3 is 2.52 bits per heavy atom. The van der Waals surface area contributed by atoms with Gasteiger partial charge in [-0.3, -0.25) is 4.79 Å². The van der Waals surface area contributed by atoms with E-state index in [1.165, 1.54) is 25.6 Å². The molecule has 1 rings (SSSR count). The van der Waals surface area contributed by atoms with Crippen LogP contribution in [0.15, 0.2) is 23.1 Å². The first-order chi connectivity index (χ1) is 9.82. The molecule has 6 nitrogen and oxygen atoms in total. The van der Waals surface area contributed by atoms with Crippen LogP contribution in [0.4, 0.5) is 0 Å². The molecule has 0 heterocycles. The fraction of sp³-hybridized carbons (Fsp3) is 0.500. The average Bonchev–Trinajstić information content (AvgIpc) is 2.46. The Bertz CT molecular complexity index is 597. The summed E-state index contributed by atoms with van der Waals surface area (Å²) in [6.07, 6.45) is 0.581. The van der Waals surface area contributed by atoms with Crippen molar-refractivity contribution in [2.75, 3.05) is 27.8 Å². The molecule has 1 aromatic rings. The Morgan fingerprint density at radius 1 is 1.29 bits per heavy atom. The molecule has 0 bridgehead atoms.